The van der Waals surface area contributed by atoms with E-state index in [0.29, 0.717) is 0 Å². The monoisotopic (exact) mass is 312 g/mol. The van der Waals surface area contributed by atoms with E-state index < -0.39 is 0 Å². The molecule has 0 aliphatic carbocycles. The second-order valence-corrected chi connectivity index (χ2v) is 6.54. The zero-order valence-corrected chi connectivity index (χ0v) is 15.1. The molecule has 0 N–H and O–H groups in total. The van der Waals surface area contributed by atoms with E-state index in [2.05, 4.69) is 100 Å². The van der Waals surface area contributed by atoms with Gasteiger partial charge in [0.2, 0.25) is 0 Å². The first kappa shape index (κ1) is 17.4. The smallest absolute Gasteiger partial charge is 0.108 e. The van der Waals surface area contributed by atoms with Crippen LogP contribution >= 0.6 is 0 Å². The highest BCUT2D eigenvalue weighted by molar-refractivity contribution is 5.49. The van der Waals surface area contributed by atoms with Crippen molar-refractivity contribution >= 4 is 11.4 Å². The highest BCUT2D eigenvalue weighted by Gasteiger charge is 2.16. The molecule has 0 amide bonds. The third-order valence-corrected chi connectivity index (χ3v) is 3.83. The van der Waals surface area contributed by atoms with Gasteiger partial charge in [-0.25, -0.2) is 0 Å². The van der Waals surface area contributed by atoms with Crippen LogP contribution in [0.15, 0.2) is 48.5 Å². The Kier molecular flexibility index (Phi) is 5.67. The fraction of sp³-hybridized carbons (Fsp3) is 0.400. The third kappa shape index (κ3) is 4.49. The van der Waals surface area contributed by atoms with E-state index in [1.807, 2.05) is 0 Å². The van der Waals surface area contributed by atoms with Gasteiger partial charge < -0.3 is 14.5 Å². The summed E-state index contributed by atoms with van der Waals surface area (Å²) in [6, 6.07) is 17.2. The quantitative estimate of drug-likeness (QED) is 0.789. The van der Waals surface area contributed by atoms with Gasteiger partial charge in [0.25, 0.3) is 0 Å². The summed E-state index contributed by atoms with van der Waals surface area (Å²) in [5.41, 5.74) is 4.75. The highest BCUT2D eigenvalue weighted by atomic mass is 16.5. The molecule has 3 heteroatoms. The molecule has 2 aromatic carbocycles. The van der Waals surface area contributed by atoms with Gasteiger partial charge in [0, 0.05) is 39.6 Å². The maximum Gasteiger partial charge on any atom is 0.108 e. The van der Waals surface area contributed by atoms with Crippen LogP contribution in [0.1, 0.15) is 31.1 Å². The van der Waals surface area contributed by atoms with E-state index >= 15 is 0 Å². The standard InChI is InChI=1S/C20H28N2O/c1-15(2)23-20(16-7-11-18(12-8-16)21(3)4)17-9-13-19(14-10-17)22(5)6/h7-15,20H,1-6H3. The number of benzene rings is 2. The molecule has 23 heavy (non-hydrogen) atoms. The van der Waals surface area contributed by atoms with E-state index in [9.17, 15) is 0 Å². The van der Waals surface area contributed by atoms with Crippen LogP contribution in [0.5, 0.6) is 0 Å². The molecule has 0 saturated carbocycles. The lowest BCUT2D eigenvalue weighted by atomic mass is 10.00. The van der Waals surface area contributed by atoms with Crippen molar-refractivity contribution in [3.8, 4) is 0 Å². The van der Waals surface area contributed by atoms with Crippen molar-refractivity contribution in [2.75, 3.05) is 38.0 Å². The first-order chi connectivity index (χ1) is 10.9. The molecule has 0 saturated heterocycles. The molecule has 2 rings (SSSR count). The van der Waals surface area contributed by atoms with Crippen molar-refractivity contribution in [1.82, 2.24) is 0 Å². The lowest BCUT2D eigenvalue weighted by Crippen LogP contribution is -2.13. The molecule has 0 atom stereocenters. The molecule has 0 aromatic heterocycles. The summed E-state index contributed by atoms with van der Waals surface area (Å²) in [6.07, 6.45) is 0.129. The SMILES string of the molecule is CC(C)OC(c1ccc(N(C)C)cc1)c1ccc(N(C)C)cc1. The Bertz CT molecular complexity index is 549. The van der Waals surface area contributed by atoms with Crippen molar-refractivity contribution < 1.29 is 4.74 Å². The van der Waals surface area contributed by atoms with Gasteiger partial charge in [-0.1, -0.05) is 24.3 Å². The zero-order chi connectivity index (χ0) is 17.0. The molecule has 0 aliphatic rings. The van der Waals surface area contributed by atoms with Crippen LogP contribution in [-0.2, 0) is 4.74 Å². The largest absolute Gasteiger partial charge is 0.378 e. The molecule has 0 aliphatic heterocycles. The van der Waals surface area contributed by atoms with Crippen LogP contribution in [0.3, 0.4) is 0 Å². The van der Waals surface area contributed by atoms with Crippen LogP contribution in [0.25, 0.3) is 0 Å². The number of anilines is 2. The molecule has 0 unspecified atom stereocenters. The summed E-state index contributed by atoms with van der Waals surface area (Å²) in [6.45, 7) is 4.16. The van der Waals surface area contributed by atoms with Gasteiger partial charge in [-0.2, -0.15) is 0 Å². The van der Waals surface area contributed by atoms with Crippen LogP contribution in [0, 0.1) is 0 Å². The summed E-state index contributed by atoms with van der Waals surface area (Å²) in [4.78, 5) is 4.21. The summed E-state index contributed by atoms with van der Waals surface area (Å²) >= 11 is 0. The Morgan fingerprint density at radius 1 is 0.652 bits per heavy atom. The molecule has 0 radical (unpaired) electrons. The third-order valence-electron chi connectivity index (χ3n) is 3.83. The molecule has 3 nitrogen and oxygen atoms in total. The fourth-order valence-corrected chi connectivity index (χ4v) is 2.52. The minimum absolute atomic E-state index is 0.0394. The van der Waals surface area contributed by atoms with Gasteiger partial charge in [0.05, 0.1) is 6.10 Å². The van der Waals surface area contributed by atoms with Gasteiger partial charge in [0.1, 0.15) is 6.10 Å². The number of ether oxygens (including phenoxy) is 1. The van der Waals surface area contributed by atoms with Crippen molar-refractivity contribution in [3.63, 3.8) is 0 Å². The number of hydrogen-bond acceptors (Lipinski definition) is 3. The molecule has 0 spiro atoms. The van der Waals surface area contributed by atoms with Gasteiger partial charge in [-0.05, 0) is 49.2 Å². The van der Waals surface area contributed by atoms with Gasteiger partial charge >= 0.3 is 0 Å². The van der Waals surface area contributed by atoms with Crippen LogP contribution in [-0.4, -0.2) is 34.3 Å². The molecule has 0 fully saturated rings. The molecule has 124 valence electrons. The summed E-state index contributed by atoms with van der Waals surface area (Å²) in [5, 5.41) is 0. The van der Waals surface area contributed by atoms with Gasteiger partial charge in [0.15, 0.2) is 0 Å². The highest BCUT2D eigenvalue weighted by Crippen LogP contribution is 2.30. The minimum Gasteiger partial charge on any atom is -0.378 e. The Morgan fingerprint density at radius 2 is 1.00 bits per heavy atom. The van der Waals surface area contributed by atoms with Gasteiger partial charge in [-0.3, -0.25) is 0 Å². The van der Waals surface area contributed by atoms with E-state index in [4.69, 9.17) is 4.74 Å². The molecule has 0 bridgehead atoms. The summed E-state index contributed by atoms with van der Waals surface area (Å²) in [5.74, 6) is 0. The second kappa shape index (κ2) is 7.51. The Balaban J connectivity index is 2.32. The minimum atomic E-state index is -0.0394. The molecular formula is C20H28N2O. The van der Waals surface area contributed by atoms with E-state index in [1.165, 1.54) is 22.5 Å². The number of rotatable bonds is 6. The second-order valence-electron chi connectivity index (χ2n) is 6.54. The van der Waals surface area contributed by atoms with Crippen molar-refractivity contribution in [1.29, 1.82) is 0 Å². The Morgan fingerprint density at radius 3 is 1.26 bits per heavy atom. The Labute approximate surface area is 140 Å². The van der Waals surface area contributed by atoms with E-state index in [1.54, 1.807) is 0 Å². The molecule has 0 heterocycles. The zero-order valence-electron chi connectivity index (χ0n) is 15.1. The Hall–Kier alpha value is -2.00. The first-order valence-corrected chi connectivity index (χ1v) is 8.08. The first-order valence-electron chi connectivity index (χ1n) is 8.08. The van der Waals surface area contributed by atoms with E-state index in [0.717, 1.165) is 0 Å². The lowest BCUT2D eigenvalue weighted by molar-refractivity contribution is 0.0304. The van der Waals surface area contributed by atoms with Crippen LogP contribution < -0.4 is 9.80 Å². The fourth-order valence-electron chi connectivity index (χ4n) is 2.52. The average molecular weight is 312 g/mol. The van der Waals surface area contributed by atoms with Crippen molar-refractivity contribution in [2.45, 2.75) is 26.1 Å². The topological polar surface area (TPSA) is 15.7 Å². The van der Waals surface area contributed by atoms with Crippen molar-refractivity contribution in [2.24, 2.45) is 0 Å². The summed E-state index contributed by atoms with van der Waals surface area (Å²) in [7, 11) is 8.21. The van der Waals surface area contributed by atoms with Crippen LogP contribution in [0.4, 0.5) is 11.4 Å². The van der Waals surface area contributed by atoms with Crippen LogP contribution in [0.2, 0.25) is 0 Å². The van der Waals surface area contributed by atoms with Gasteiger partial charge in [-0.15, -0.1) is 0 Å². The predicted molar refractivity (Wildman–Crippen MR) is 99.6 cm³/mol. The predicted octanol–water partition coefficient (Wildman–Crippen LogP) is 4.33. The number of nitrogens with zero attached hydrogens (tertiary/aromatic N) is 2. The molecule has 2 aromatic rings. The summed E-state index contributed by atoms with van der Waals surface area (Å²) < 4.78 is 6.20. The number of hydrogen-bond donors (Lipinski definition) is 0. The van der Waals surface area contributed by atoms with E-state index in [-0.39, 0.29) is 12.2 Å². The molecular weight excluding hydrogens is 284 g/mol. The lowest BCUT2D eigenvalue weighted by Gasteiger charge is -2.23. The van der Waals surface area contributed by atoms with Crippen molar-refractivity contribution in [3.05, 3.63) is 59.7 Å². The maximum atomic E-state index is 6.20. The normalized spacial score (nSPS) is 11.1. The average Bonchev–Trinajstić information content (AvgIpc) is 2.52. The maximum absolute atomic E-state index is 6.20.